The summed E-state index contributed by atoms with van der Waals surface area (Å²) in [5.74, 6) is -0.690. The Labute approximate surface area is 105 Å². The minimum atomic E-state index is -0.460. The number of nitrogens with zero attached hydrogens (tertiary/aromatic N) is 3. The molecule has 0 saturated carbocycles. The van der Waals surface area contributed by atoms with Gasteiger partial charge in [-0.25, -0.2) is 0 Å². The van der Waals surface area contributed by atoms with Crippen LogP contribution in [0.1, 0.15) is 11.4 Å². The number of nitrogens with two attached hydrogens (primary N) is 1. The summed E-state index contributed by atoms with van der Waals surface area (Å²) >= 11 is 0. The van der Waals surface area contributed by atoms with E-state index in [4.69, 9.17) is 5.73 Å². The molecule has 1 aromatic rings. The van der Waals surface area contributed by atoms with Gasteiger partial charge in [0.2, 0.25) is 5.91 Å². The summed E-state index contributed by atoms with van der Waals surface area (Å²) in [6.45, 7) is 3.55. The molecule has 2 N–H and O–H groups in total. The average Bonchev–Trinajstić information content (AvgIpc) is 2.56. The van der Waals surface area contributed by atoms with E-state index in [1.807, 2.05) is 0 Å². The van der Waals surface area contributed by atoms with E-state index in [9.17, 15) is 9.59 Å². The van der Waals surface area contributed by atoms with Crippen molar-refractivity contribution in [2.24, 2.45) is 0 Å². The smallest absolute Gasteiger partial charge is 0.325 e. The molecule has 1 amide bonds. The zero-order chi connectivity index (χ0) is 13.9. The third kappa shape index (κ3) is 2.99. The third-order valence-corrected chi connectivity index (χ3v) is 2.74. The van der Waals surface area contributed by atoms with E-state index in [-0.39, 0.29) is 19.0 Å². The van der Waals surface area contributed by atoms with Crippen LogP contribution in [0, 0.1) is 13.8 Å². The number of rotatable bonds is 4. The van der Waals surface area contributed by atoms with Gasteiger partial charge in [-0.3, -0.25) is 14.3 Å². The minimum absolute atomic E-state index is 0.0529. The van der Waals surface area contributed by atoms with Crippen molar-refractivity contribution in [1.29, 1.82) is 0 Å². The molecule has 1 rings (SSSR count). The zero-order valence-electron chi connectivity index (χ0n) is 11.1. The lowest BCUT2D eigenvalue weighted by molar-refractivity contribution is -0.146. The van der Waals surface area contributed by atoms with Crippen molar-refractivity contribution >= 4 is 17.6 Å². The highest BCUT2D eigenvalue weighted by Crippen LogP contribution is 2.14. The van der Waals surface area contributed by atoms with Gasteiger partial charge in [0.05, 0.1) is 24.2 Å². The summed E-state index contributed by atoms with van der Waals surface area (Å²) in [5.41, 5.74) is 7.79. The van der Waals surface area contributed by atoms with Crippen LogP contribution in [-0.4, -0.2) is 47.3 Å². The van der Waals surface area contributed by atoms with Crippen molar-refractivity contribution in [3.05, 3.63) is 11.4 Å². The van der Waals surface area contributed by atoms with Gasteiger partial charge in [-0.05, 0) is 13.8 Å². The second-order valence-electron chi connectivity index (χ2n) is 4.07. The number of nitrogen functional groups attached to an aromatic ring is 1. The number of aromatic nitrogens is 2. The summed E-state index contributed by atoms with van der Waals surface area (Å²) in [5, 5.41) is 4.16. The number of aryl methyl sites for hydroxylation is 1. The highest BCUT2D eigenvalue weighted by atomic mass is 16.5. The molecule has 0 spiro atoms. The van der Waals surface area contributed by atoms with Crippen LogP contribution < -0.4 is 5.73 Å². The summed E-state index contributed by atoms with van der Waals surface area (Å²) < 4.78 is 6.02. The van der Waals surface area contributed by atoms with Crippen LogP contribution in [0.25, 0.3) is 0 Å². The summed E-state index contributed by atoms with van der Waals surface area (Å²) in [6, 6.07) is 0. The van der Waals surface area contributed by atoms with Gasteiger partial charge in [-0.2, -0.15) is 5.10 Å². The first-order chi connectivity index (χ1) is 8.36. The standard InChI is InChI=1S/C11H18N4O3/c1-7-11(12)8(2)15(13-7)5-9(16)14(3)6-10(17)18-4/h5-6,12H2,1-4H3. The largest absolute Gasteiger partial charge is 0.468 e. The molecule has 0 radical (unpaired) electrons. The SMILES string of the molecule is COC(=O)CN(C)C(=O)Cn1nc(C)c(N)c1C. The molecule has 0 unspecified atom stereocenters. The Morgan fingerprint density at radius 2 is 2.06 bits per heavy atom. The molecule has 0 aliphatic heterocycles. The lowest BCUT2D eigenvalue weighted by Gasteiger charge is -2.15. The van der Waals surface area contributed by atoms with Crippen molar-refractivity contribution in [3.8, 4) is 0 Å². The van der Waals surface area contributed by atoms with Gasteiger partial charge >= 0.3 is 5.97 Å². The maximum atomic E-state index is 11.9. The second kappa shape index (κ2) is 5.52. The Kier molecular flexibility index (Phi) is 4.30. The molecule has 0 fully saturated rings. The van der Waals surface area contributed by atoms with Crippen LogP contribution in [0.3, 0.4) is 0 Å². The predicted octanol–water partition coefficient (Wildman–Crippen LogP) is -0.286. The summed E-state index contributed by atoms with van der Waals surface area (Å²) in [7, 11) is 2.82. The van der Waals surface area contributed by atoms with E-state index >= 15 is 0 Å². The maximum absolute atomic E-state index is 11.9. The van der Waals surface area contributed by atoms with E-state index in [0.29, 0.717) is 11.4 Å². The van der Waals surface area contributed by atoms with Crippen LogP contribution in [-0.2, 0) is 20.9 Å². The Balaban J connectivity index is 2.69. The first-order valence-corrected chi connectivity index (χ1v) is 5.47. The van der Waals surface area contributed by atoms with Gasteiger partial charge in [-0.15, -0.1) is 0 Å². The fraction of sp³-hybridized carbons (Fsp3) is 0.545. The van der Waals surface area contributed by atoms with Gasteiger partial charge in [-0.1, -0.05) is 0 Å². The first kappa shape index (κ1) is 14.0. The van der Waals surface area contributed by atoms with Gasteiger partial charge in [0.15, 0.2) is 0 Å². The van der Waals surface area contributed by atoms with Crippen molar-refractivity contribution in [3.63, 3.8) is 0 Å². The number of anilines is 1. The summed E-state index contributed by atoms with van der Waals surface area (Å²) in [4.78, 5) is 24.2. The van der Waals surface area contributed by atoms with Crippen LogP contribution in [0.15, 0.2) is 0 Å². The molecule has 100 valence electrons. The van der Waals surface area contributed by atoms with Crippen molar-refractivity contribution in [2.45, 2.75) is 20.4 Å². The van der Waals surface area contributed by atoms with E-state index in [1.165, 1.54) is 23.7 Å². The predicted molar refractivity (Wildman–Crippen MR) is 65.8 cm³/mol. The normalized spacial score (nSPS) is 10.2. The maximum Gasteiger partial charge on any atom is 0.325 e. The van der Waals surface area contributed by atoms with Gasteiger partial charge in [0.25, 0.3) is 0 Å². The molecule has 0 saturated heterocycles. The van der Waals surface area contributed by atoms with E-state index in [1.54, 1.807) is 13.8 Å². The minimum Gasteiger partial charge on any atom is -0.468 e. The van der Waals surface area contributed by atoms with Gasteiger partial charge in [0.1, 0.15) is 13.1 Å². The quantitative estimate of drug-likeness (QED) is 0.746. The first-order valence-electron chi connectivity index (χ1n) is 5.47. The highest BCUT2D eigenvalue weighted by Gasteiger charge is 2.16. The molecule has 0 aromatic carbocycles. The molecular weight excluding hydrogens is 236 g/mol. The van der Waals surface area contributed by atoms with Crippen molar-refractivity contribution in [2.75, 3.05) is 26.4 Å². The Bertz CT molecular complexity index is 467. The molecule has 0 aliphatic carbocycles. The van der Waals surface area contributed by atoms with Crippen LogP contribution in [0.4, 0.5) is 5.69 Å². The molecule has 1 aromatic heterocycles. The molecule has 18 heavy (non-hydrogen) atoms. The van der Waals surface area contributed by atoms with Crippen LogP contribution in [0.2, 0.25) is 0 Å². The van der Waals surface area contributed by atoms with E-state index in [2.05, 4.69) is 9.84 Å². The average molecular weight is 254 g/mol. The fourth-order valence-electron chi connectivity index (χ4n) is 1.46. The topological polar surface area (TPSA) is 90.5 Å². The lowest BCUT2D eigenvalue weighted by atomic mass is 10.3. The molecule has 0 aliphatic rings. The van der Waals surface area contributed by atoms with Gasteiger partial charge < -0.3 is 15.4 Å². The van der Waals surface area contributed by atoms with Crippen molar-refractivity contribution in [1.82, 2.24) is 14.7 Å². The number of ether oxygens (including phenoxy) is 1. The molecule has 0 atom stereocenters. The number of carbonyl (C=O) groups excluding carboxylic acids is 2. The van der Waals surface area contributed by atoms with Crippen LogP contribution in [0.5, 0.6) is 0 Å². The number of methoxy groups -OCH3 is 1. The second-order valence-corrected chi connectivity index (χ2v) is 4.07. The Hall–Kier alpha value is -2.05. The van der Waals surface area contributed by atoms with E-state index < -0.39 is 5.97 Å². The number of carbonyl (C=O) groups is 2. The Morgan fingerprint density at radius 3 is 2.50 bits per heavy atom. The third-order valence-electron chi connectivity index (χ3n) is 2.74. The molecular formula is C11H18N4O3. The lowest BCUT2D eigenvalue weighted by Crippen LogP contribution is -2.35. The molecule has 7 heteroatoms. The fourth-order valence-corrected chi connectivity index (χ4v) is 1.46. The number of hydrogen-bond acceptors (Lipinski definition) is 5. The zero-order valence-corrected chi connectivity index (χ0v) is 11.1. The van der Waals surface area contributed by atoms with E-state index in [0.717, 1.165) is 5.69 Å². The highest BCUT2D eigenvalue weighted by molar-refractivity contribution is 5.81. The molecule has 7 nitrogen and oxygen atoms in total. The monoisotopic (exact) mass is 254 g/mol. The number of esters is 1. The number of hydrogen-bond donors (Lipinski definition) is 1. The molecule has 1 heterocycles. The van der Waals surface area contributed by atoms with Gasteiger partial charge in [0, 0.05) is 7.05 Å². The number of amides is 1. The number of likely N-dealkylation sites (N-methyl/N-ethyl adjacent to an activating group) is 1. The van der Waals surface area contributed by atoms with Crippen LogP contribution >= 0.6 is 0 Å². The Morgan fingerprint density at radius 1 is 1.44 bits per heavy atom. The van der Waals surface area contributed by atoms with Crippen molar-refractivity contribution < 1.29 is 14.3 Å². The summed E-state index contributed by atoms with van der Waals surface area (Å²) in [6.07, 6.45) is 0. The molecule has 0 bridgehead atoms.